The molecule has 5 rings (SSSR count). The lowest BCUT2D eigenvalue weighted by molar-refractivity contribution is -0.133. The largest absolute Gasteiger partial charge is 0.497 e. The normalized spacial score (nSPS) is 17.1. The Morgan fingerprint density at radius 2 is 1.60 bits per heavy atom. The molecule has 2 aliphatic rings. The van der Waals surface area contributed by atoms with Crippen molar-refractivity contribution in [1.29, 1.82) is 0 Å². The zero-order chi connectivity index (χ0) is 29.5. The number of morpholine rings is 1. The van der Waals surface area contributed by atoms with Gasteiger partial charge in [0.1, 0.15) is 18.0 Å². The maximum atomic E-state index is 14.0. The van der Waals surface area contributed by atoms with E-state index in [0.29, 0.717) is 43.3 Å². The molecule has 0 spiro atoms. The molecule has 2 heterocycles. The van der Waals surface area contributed by atoms with Crippen LogP contribution >= 0.6 is 11.6 Å². The second-order valence-corrected chi connectivity index (χ2v) is 10.6. The van der Waals surface area contributed by atoms with Crippen LogP contribution in [0.2, 0.25) is 5.02 Å². The SMILES string of the molecule is COc1ccc(C2=NN(C(=O)CN(CCN3CCOCC3)C(=O)c3ccccc3Cl)[C@H](c3ccc(OC)cc3)C2)cc1. The van der Waals surface area contributed by atoms with Crippen LogP contribution in [-0.4, -0.2) is 92.5 Å². The minimum Gasteiger partial charge on any atom is -0.497 e. The number of rotatable bonds is 10. The average molecular weight is 591 g/mol. The predicted octanol–water partition coefficient (Wildman–Crippen LogP) is 4.51. The van der Waals surface area contributed by atoms with Crippen molar-refractivity contribution in [2.75, 3.05) is 60.2 Å². The Bertz CT molecular complexity index is 1410. The van der Waals surface area contributed by atoms with Gasteiger partial charge in [0.25, 0.3) is 11.8 Å². The molecule has 2 aliphatic heterocycles. The van der Waals surface area contributed by atoms with E-state index >= 15 is 0 Å². The van der Waals surface area contributed by atoms with E-state index in [4.69, 9.17) is 30.9 Å². The molecular weight excluding hydrogens is 556 g/mol. The molecule has 0 aliphatic carbocycles. The van der Waals surface area contributed by atoms with Gasteiger partial charge in [-0.15, -0.1) is 0 Å². The number of hydrazone groups is 1. The molecular formula is C32H35ClN4O5. The molecule has 9 nitrogen and oxygen atoms in total. The van der Waals surface area contributed by atoms with Crippen molar-refractivity contribution in [3.8, 4) is 11.5 Å². The number of nitrogens with zero attached hydrogens (tertiary/aromatic N) is 4. The molecule has 0 aromatic heterocycles. The van der Waals surface area contributed by atoms with Crippen LogP contribution in [0.25, 0.3) is 0 Å². The van der Waals surface area contributed by atoms with Gasteiger partial charge >= 0.3 is 0 Å². The monoisotopic (exact) mass is 590 g/mol. The summed E-state index contributed by atoms with van der Waals surface area (Å²) in [4.78, 5) is 31.6. The van der Waals surface area contributed by atoms with Gasteiger partial charge in [-0.25, -0.2) is 5.01 Å². The highest BCUT2D eigenvalue weighted by molar-refractivity contribution is 6.33. The van der Waals surface area contributed by atoms with Crippen molar-refractivity contribution in [2.45, 2.75) is 12.5 Å². The number of ether oxygens (including phenoxy) is 3. The lowest BCUT2D eigenvalue weighted by Gasteiger charge is -2.31. The molecule has 0 radical (unpaired) electrons. The van der Waals surface area contributed by atoms with Crippen molar-refractivity contribution >= 4 is 29.1 Å². The summed E-state index contributed by atoms with van der Waals surface area (Å²) >= 11 is 6.40. The molecule has 3 aromatic rings. The van der Waals surface area contributed by atoms with E-state index in [-0.39, 0.29) is 24.4 Å². The van der Waals surface area contributed by atoms with Gasteiger partial charge in [0.15, 0.2) is 0 Å². The van der Waals surface area contributed by atoms with E-state index in [1.54, 1.807) is 43.4 Å². The van der Waals surface area contributed by atoms with Gasteiger partial charge in [-0.3, -0.25) is 14.5 Å². The third kappa shape index (κ3) is 6.92. The fraction of sp³-hybridized carbons (Fsp3) is 0.344. The molecule has 1 fully saturated rings. The first-order valence-electron chi connectivity index (χ1n) is 14.0. The minimum absolute atomic E-state index is 0.138. The lowest BCUT2D eigenvalue weighted by atomic mass is 9.98. The van der Waals surface area contributed by atoms with Crippen LogP contribution in [0.15, 0.2) is 77.9 Å². The number of halogens is 1. The van der Waals surface area contributed by atoms with Gasteiger partial charge in [0, 0.05) is 32.6 Å². The third-order valence-electron chi connectivity index (χ3n) is 7.60. The maximum Gasteiger partial charge on any atom is 0.262 e. The summed E-state index contributed by atoms with van der Waals surface area (Å²) in [7, 11) is 3.24. The molecule has 0 bridgehead atoms. The Hall–Kier alpha value is -3.92. The van der Waals surface area contributed by atoms with Crippen LogP contribution < -0.4 is 9.47 Å². The number of carbonyl (C=O) groups excluding carboxylic acids is 2. The highest BCUT2D eigenvalue weighted by atomic mass is 35.5. The van der Waals surface area contributed by atoms with Gasteiger partial charge in [-0.2, -0.15) is 5.10 Å². The van der Waals surface area contributed by atoms with Crippen molar-refractivity contribution in [3.63, 3.8) is 0 Å². The van der Waals surface area contributed by atoms with E-state index in [1.165, 1.54) is 5.01 Å². The number of amides is 2. The van der Waals surface area contributed by atoms with Crippen molar-refractivity contribution in [2.24, 2.45) is 5.10 Å². The molecule has 220 valence electrons. The maximum absolute atomic E-state index is 14.0. The molecule has 0 N–H and O–H groups in total. The summed E-state index contributed by atoms with van der Waals surface area (Å²) in [6, 6.07) is 21.8. The van der Waals surface area contributed by atoms with Gasteiger partial charge in [-0.1, -0.05) is 35.9 Å². The van der Waals surface area contributed by atoms with Gasteiger partial charge < -0.3 is 19.1 Å². The smallest absolute Gasteiger partial charge is 0.262 e. The van der Waals surface area contributed by atoms with Crippen LogP contribution in [0.4, 0.5) is 0 Å². The minimum atomic E-state index is -0.336. The first-order valence-corrected chi connectivity index (χ1v) is 14.4. The average Bonchev–Trinajstić information content (AvgIpc) is 3.49. The van der Waals surface area contributed by atoms with E-state index in [2.05, 4.69) is 4.90 Å². The quantitative estimate of drug-likeness (QED) is 0.346. The summed E-state index contributed by atoms with van der Waals surface area (Å²) in [6.07, 6.45) is 0.524. The van der Waals surface area contributed by atoms with Crippen LogP contribution in [-0.2, 0) is 9.53 Å². The second-order valence-electron chi connectivity index (χ2n) is 10.2. The standard InChI is InChI=1S/C32H35ClN4O5/c1-40-25-11-7-23(8-12-25)29-21-30(24-9-13-26(41-2)14-10-24)37(34-29)31(38)22-36(16-15-35-17-19-42-20-18-35)32(39)27-5-3-4-6-28(27)33/h3-14,30H,15-22H2,1-2H3/t30-/m0/s1. The molecule has 0 unspecified atom stereocenters. The Morgan fingerprint density at radius 1 is 0.952 bits per heavy atom. The van der Waals surface area contributed by atoms with Gasteiger partial charge in [0.2, 0.25) is 0 Å². The molecule has 3 aromatic carbocycles. The predicted molar refractivity (Wildman–Crippen MR) is 161 cm³/mol. The first kappa shape index (κ1) is 29.6. The summed E-state index contributed by atoms with van der Waals surface area (Å²) in [6.45, 7) is 3.71. The van der Waals surface area contributed by atoms with E-state index < -0.39 is 0 Å². The third-order valence-corrected chi connectivity index (χ3v) is 7.93. The van der Waals surface area contributed by atoms with Gasteiger partial charge in [0.05, 0.1) is 49.8 Å². The summed E-state index contributed by atoms with van der Waals surface area (Å²) in [5.74, 6) is 0.903. The molecule has 1 atom stereocenters. The van der Waals surface area contributed by atoms with Crippen molar-refractivity contribution < 1.29 is 23.8 Å². The summed E-state index contributed by atoms with van der Waals surface area (Å²) in [5.41, 5.74) is 2.98. The first-order chi connectivity index (χ1) is 20.5. The van der Waals surface area contributed by atoms with E-state index in [0.717, 1.165) is 41.4 Å². The zero-order valence-electron chi connectivity index (χ0n) is 23.9. The van der Waals surface area contributed by atoms with Crippen LogP contribution in [0.5, 0.6) is 11.5 Å². The Morgan fingerprint density at radius 3 is 2.24 bits per heavy atom. The molecule has 2 amide bonds. The van der Waals surface area contributed by atoms with Crippen molar-refractivity contribution in [1.82, 2.24) is 14.8 Å². The van der Waals surface area contributed by atoms with Crippen LogP contribution in [0.3, 0.4) is 0 Å². The van der Waals surface area contributed by atoms with E-state index in [1.807, 2.05) is 48.5 Å². The van der Waals surface area contributed by atoms with Crippen LogP contribution in [0, 0.1) is 0 Å². The highest BCUT2D eigenvalue weighted by Gasteiger charge is 2.35. The van der Waals surface area contributed by atoms with Crippen LogP contribution in [0.1, 0.15) is 33.9 Å². The molecule has 10 heteroatoms. The summed E-state index contributed by atoms with van der Waals surface area (Å²) < 4.78 is 16.1. The fourth-order valence-corrected chi connectivity index (χ4v) is 5.38. The number of hydrogen-bond donors (Lipinski definition) is 0. The number of benzene rings is 3. The zero-order valence-corrected chi connectivity index (χ0v) is 24.6. The Balaban J connectivity index is 1.42. The Kier molecular flexibility index (Phi) is 9.74. The highest BCUT2D eigenvalue weighted by Crippen LogP contribution is 2.34. The molecule has 0 saturated carbocycles. The number of methoxy groups -OCH3 is 2. The second kappa shape index (κ2) is 13.8. The lowest BCUT2D eigenvalue weighted by Crippen LogP contribution is -2.46. The summed E-state index contributed by atoms with van der Waals surface area (Å²) in [5, 5.41) is 6.67. The Labute approximate surface area is 251 Å². The number of hydrogen-bond acceptors (Lipinski definition) is 7. The van der Waals surface area contributed by atoms with Gasteiger partial charge in [-0.05, 0) is 59.7 Å². The molecule has 42 heavy (non-hydrogen) atoms. The van der Waals surface area contributed by atoms with E-state index in [9.17, 15) is 9.59 Å². The topological polar surface area (TPSA) is 83.9 Å². The number of carbonyl (C=O) groups is 2. The molecule has 1 saturated heterocycles. The van der Waals surface area contributed by atoms with Crippen molar-refractivity contribution in [3.05, 3.63) is 94.5 Å². The fourth-order valence-electron chi connectivity index (χ4n) is 5.16.